The summed E-state index contributed by atoms with van der Waals surface area (Å²) in [7, 11) is 0. The van der Waals surface area contributed by atoms with Crippen LogP contribution in [0.5, 0.6) is 6.01 Å². The monoisotopic (exact) mass is 334 g/mol. The normalized spacial score (nSPS) is 28.4. The number of aromatic amines is 1. The number of aromatic nitrogens is 3. The van der Waals surface area contributed by atoms with Crippen molar-refractivity contribution in [1.29, 1.82) is 0 Å². The summed E-state index contributed by atoms with van der Waals surface area (Å²) in [4.78, 5) is 14.7. The molecule has 3 aromatic rings. The van der Waals surface area contributed by atoms with Gasteiger partial charge in [-0.15, -0.1) is 0 Å². The second kappa shape index (κ2) is 5.85. The van der Waals surface area contributed by atoms with Crippen LogP contribution in [0.15, 0.2) is 42.9 Å². The average molecular weight is 334 g/mol. The van der Waals surface area contributed by atoms with E-state index in [0.29, 0.717) is 18.0 Å². The number of hydrogen-bond donors (Lipinski definition) is 1. The Bertz CT molecular complexity index is 878. The van der Waals surface area contributed by atoms with E-state index < -0.39 is 0 Å². The zero-order chi connectivity index (χ0) is 16.8. The van der Waals surface area contributed by atoms with Gasteiger partial charge >= 0.3 is 6.01 Å². The Labute approximate surface area is 147 Å². The number of rotatable bonds is 3. The quantitative estimate of drug-likeness (QED) is 0.797. The molecular weight excluding hydrogens is 312 g/mol. The van der Waals surface area contributed by atoms with Crippen LogP contribution in [-0.4, -0.2) is 45.1 Å². The van der Waals surface area contributed by atoms with Gasteiger partial charge in [0.1, 0.15) is 6.10 Å². The highest BCUT2D eigenvalue weighted by Crippen LogP contribution is 2.34. The summed E-state index contributed by atoms with van der Waals surface area (Å²) in [5.74, 6) is 0.638. The minimum atomic E-state index is 0.213. The highest BCUT2D eigenvalue weighted by molar-refractivity contribution is 5.84. The fourth-order valence-corrected chi connectivity index (χ4v) is 4.33. The number of benzene rings is 1. The molecule has 6 rings (SSSR count). The fraction of sp³-hybridized carbons (Fsp3) is 0.400. The van der Waals surface area contributed by atoms with E-state index in [1.165, 1.54) is 31.3 Å². The molecule has 25 heavy (non-hydrogen) atoms. The topological polar surface area (TPSA) is 54.0 Å². The Morgan fingerprint density at radius 3 is 2.64 bits per heavy atom. The molecule has 5 nitrogen and oxygen atoms in total. The molecule has 0 spiro atoms. The van der Waals surface area contributed by atoms with Crippen LogP contribution in [0.25, 0.3) is 22.0 Å². The van der Waals surface area contributed by atoms with Crippen LogP contribution in [0, 0.1) is 5.92 Å². The number of piperidine rings is 3. The third-order valence-electron chi connectivity index (χ3n) is 5.85. The van der Waals surface area contributed by atoms with Gasteiger partial charge in [0.25, 0.3) is 0 Å². The molecule has 2 bridgehead atoms. The highest BCUT2D eigenvalue weighted by Gasteiger charge is 2.41. The smallest absolute Gasteiger partial charge is 0.316 e. The van der Waals surface area contributed by atoms with Crippen LogP contribution >= 0.6 is 0 Å². The Morgan fingerprint density at radius 2 is 1.88 bits per heavy atom. The molecule has 3 saturated heterocycles. The summed E-state index contributed by atoms with van der Waals surface area (Å²) in [5.41, 5.74) is 3.27. The maximum Gasteiger partial charge on any atom is 0.316 e. The number of ether oxygens (including phenoxy) is 1. The Balaban J connectivity index is 1.36. The van der Waals surface area contributed by atoms with Crippen molar-refractivity contribution in [2.75, 3.05) is 13.1 Å². The standard InChI is InChI=1S/C20H22N4O/c1-13-19(14-5-8-24(13)9-6-14)25-20-22-11-17(12-23-20)15-2-3-18-16(10-15)4-7-21-18/h2-4,7,10-14,19,21H,5-6,8-9H2,1H3/t13-,19-/m1/s1. The van der Waals surface area contributed by atoms with E-state index in [2.05, 4.69) is 51.0 Å². The first-order valence-electron chi connectivity index (χ1n) is 9.08. The molecule has 1 aromatic carbocycles. The average Bonchev–Trinajstić information content (AvgIpc) is 3.13. The zero-order valence-electron chi connectivity index (χ0n) is 14.4. The maximum atomic E-state index is 6.18. The lowest BCUT2D eigenvalue weighted by Crippen LogP contribution is -2.58. The minimum absolute atomic E-state index is 0.213. The largest absolute Gasteiger partial charge is 0.458 e. The van der Waals surface area contributed by atoms with E-state index in [0.717, 1.165) is 16.6 Å². The van der Waals surface area contributed by atoms with Gasteiger partial charge in [-0.1, -0.05) is 6.07 Å². The molecule has 2 atom stereocenters. The van der Waals surface area contributed by atoms with Gasteiger partial charge in [0.05, 0.1) is 0 Å². The van der Waals surface area contributed by atoms with Crippen molar-refractivity contribution >= 4 is 10.9 Å². The van der Waals surface area contributed by atoms with Gasteiger partial charge in [0, 0.05) is 35.7 Å². The lowest BCUT2D eigenvalue weighted by molar-refractivity contribution is -0.0544. The molecule has 0 saturated carbocycles. The van der Waals surface area contributed by atoms with E-state index in [1.54, 1.807) is 0 Å². The molecule has 0 unspecified atom stereocenters. The van der Waals surface area contributed by atoms with E-state index in [4.69, 9.17) is 4.74 Å². The van der Waals surface area contributed by atoms with E-state index in [9.17, 15) is 0 Å². The van der Waals surface area contributed by atoms with Gasteiger partial charge in [-0.25, -0.2) is 9.97 Å². The molecule has 1 N–H and O–H groups in total. The number of nitrogens with zero attached hydrogens (tertiary/aromatic N) is 3. The molecular formula is C20H22N4O. The van der Waals surface area contributed by atoms with Gasteiger partial charge in [-0.2, -0.15) is 0 Å². The molecule has 2 aromatic heterocycles. The first-order chi connectivity index (χ1) is 12.3. The summed E-state index contributed by atoms with van der Waals surface area (Å²) in [5, 5.41) is 1.19. The van der Waals surface area contributed by atoms with Crippen LogP contribution in [0.2, 0.25) is 0 Å². The molecule has 5 heteroatoms. The highest BCUT2D eigenvalue weighted by atomic mass is 16.5. The summed E-state index contributed by atoms with van der Waals surface area (Å²) < 4.78 is 6.18. The second-order valence-electron chi connectivity index (χ2n) is 7.23. The van der Waals surface area contributed by atoms with Crippen LogP contribution in [0.3, 0.4) is 0 Å². The summed E-state index contributed by atoms with van der Waals surface area (Å²) in [6.45, 7) is 4.66. The van der Waals surface area contributed by atoms with Crippen LogP contribution in [-0.2, 0) is 0 Å². The summed E-state index contributed by atoms with van der Waals surface area (Å²) >= 11 is 0. The molecule has 0 aliphatic carbocycles. The predicted octanol–water partition coefficient (Wildman–Crippen LogP) is 3.49. The van der Waals surface area contributed by atoms with E-state index >= 15 is 0 Å². The molecule has 3 aliphatic rings. The Kier molecular flexibility index (Phi) is 3.48. The predicted molar refractivity (Wildman–Crippen MR) is 97.5 cm³/mol. The molecule has 3 aliphatic heterocycles. The first kappa shape index (κ1) is 14.9. The fourth-order valence-electron chi connectivity index (χ4n) is 4.33. The van der Waals surface area contributed by atoms with Gasteiger partial charge < -0.3 is 9.72 Å². The minimum Gasteiger partial charge on any atom is -0.458 e. The Hall–Kier alpha value is -2.40. The number of fused-ring (bicyclic) bond motifs is 4. The molecule has 128 valence electrons. The van der Waals surface area contributed by atoms with Gasteiger partial charge in [0.2, 0.25) is 0 Å². The van der Waals surface area contributed by atoms with Gasteiger partial charge in [-0.05, 0) is 67.9 Å². The van der Waals surface area contributed by atoms with Crippen LogP contribution in [0.1, 0.15) is 19.8 Å². The summed E-state index contributed by atoms with van der Waals surface area (Å²) in [6.07, 6.45) is 8.35. The zero-order valence-corrected chi connectivity index (χ0v) is 14.4. The van der Waals surface area contributed by atoms with Crippen molar-refractivity contribution < 1.29 is 4.74 Å². The molecule has 3 fully saturated rings. The molecule has 0 radical (unpaired) electrons. The van der Waals surface area contributed by atoms with Crippen molar-refractivity contribution in [1.82, 2.24) is 19.9 Å². The van der Waals surface area contributed by atoms with E-state index in [-0.39, 0.29) is 6.10 Å². The van der Waals surface area contributed by atoms with Crippen LogP contribution in [0.4, 0.5) is 0 Å². The first-order valence-corrected chi connectivity index (χ1v) is 9.08. The summed E-state index contributed by atoms with van der Waals surface area (Å²) in [6, 6.07) is 9.35. The molecule has 5 heterocycles. The SMILES string of the molecule is C[C@@H]1[C@@H](Oc2ncc(-c3ccc4[nH]ccc4c3)cn2)C2CCN1CC2. The third-order valence-corrected chi connectivity index (χ3v) is 5.85. The van der Waals surface area contributed by atoms with Crippen molar-refractivity contribution in [2.45, 2.75) is 31.9 Å². The number of H-pyrrole nitrogens is 1. The third kappa shape index (κ3) is 2.59. The van der Waals surface area contributed by atoms with Gasteiger partial charge in [0.15, 0.2) is 0 Å². The second-order valence-corrected chi connectivity index (χ2v) is 7.23. The lowest BCUT2D eigenvalue weighted by atomic mass is 9.81. The van der Waals surface area contributed by atoms with Crippen molar-refractivity contribution in [3.8, 4) is 17.1 Å². The number of hydrogen-bond acceptors (Lipinski definition) is 4. The van der Waals surface area contributed by atoms with E-state index in [1.807, 2.05) is 18.6 Å². The Morgan fingerprint density at radius 1 is 1.08 bits per heavy atom. The van der Waals surface area contributed by atoms with Crippen molar-refractivity contribution in [3.63, 3.8) is 0 Å². The van der Waals surface area contributed by atoms with Gasteiger partial charge in [-0.3, -0.25) is 4.90 Å². The molecule has 0 amide bonds. The lowest BCUT2D eigenvalue weighted by Gasteiger charge is -2.48. The number of nitrogens with one attached hydrogen (secondary N) is 1. The van der Waals surface area contributed by atoms with Crippen molar-refractivity contribution in [2.24, 2.45) is 5.92 Å². The maximum absolute atomic E-state index is 6.18. The van der Waals surface area contributed by atoms with Crippen LogP contribution < -0.4 is 4.74 Å². The van der Waals surface area contributed by atoms with Crippen molar-refractivity contribution in [3.05, 3.63) is 42.9 Å².